The minimum absolute atomic E-state index is 0.0138. The lowest BCUT2D eigenvalue weighted by Gasteiger charge is -2.38. The second-order valence-electron chi connectivity index (χ2n) is 5.48. The Bertz CT molecular complexity index is 588. The summed E-state index contributed by atoms with van der Waals surface area (Å²) < 4.78 is 4.76. The number of para-hydroxylation sites is 1. The van der Waals surface area contributed by atoms with E-state index in [2.05, 4.69) is 10.2 Å². The largest absolute Gasteiger partial charge is 0.465 e. The number of methoxy groups -OCH3 is 1. The van der Waals surface area contributed by atoms with Gasteiger partial charge < -0.3 is 20.7 Å². The highest BCUT2D eigenvalue weighted by Crippen LogP contribution is 2.35. The molecule has 3 rings (SSSR count). The predicted molar refractivity (Wildman–Crippen MR) is 79.1 cm³/mol. The number of nitrogens with one attached hydrogen (secondary N) is 1. The van der Waals surface area contributed by atoms with E-state index in [0.29, 0.717) is 17.8 Å². The summed E-state index contributed by atoms with van der Waals surface area (Å²) in [5.41, 5.74) is 7.76. The number of nitrogens with two attached hydrogens (primary N) is 1. The highest BCUT2D eigenvalue weighted by Gasteiger charge is 2.41. The second-order valence-corrected chi connectivity index (χ2v) is 5.48. The van der Waals surface area contributed by atoms with Crippen molar-refractivity contribution >= 4 is 23.3 Å². The van der Waals surface area contributed by atoms with Gasteiger partial charge in [-0.2, -0.15) is 0 Å². The summed E-state index contributed by atoms with van der Waals surface area (Å²) in [7, 11) is 1.34. The van der Waals surface area contributed by atoms with E-state index in [1.54, 1.807) is 12.1 Å². The number of amides is 1. The fourth-order valence-corrected chi connectivity index (χ4v) is 3.34. The number of ether oxygens (including phenoxy) is 1. The Labute approximate surface area is 123 Å². The van der Waals surface area contributed by atoms with E-state index in [1.165, 1.54) is 7.11 Å². The smallest absolute Gasteiger partial charge is 0.340 e. The van der Waals surface area contributed by atoms with Crippen molar-refractivity contribution in [3.8, 4) is 0 Å². The molecule has 2 fully saturated rings. The van der Waals surface area contributed by atoms with Crippen LogP contribution in [0, 0.1) is 5.92 Å². The summed E-state index contributed by atoms with van der Waals surface area (Å²) in [4.78, 5) is 25.8. The second kappa shape index (κ2) is 5.27. The maximum Gasteiger partial charge on any atom is 0.340 e. The number of piperidine rings is 1. The van der Waals surface area contributed by atoms with Crippen LogP contribution in [0.2, 0.25) is 0 Å². The molecule has 0 bridgehead atoms. The molecule has 2 heterocycles. The van der Waals surface area contributed by atoms with E-state index in [9.17, 15) is 9.59 Å². The molecular weight excluding hydrogens is 270 g/mol. The lowest BCUT2D eigenvalue weighted by Crippen LogP contribution is -2.46. The zero-order chi connectivity index (χ0) is 15.0. The lowest BCUT2D eigenvalue weighted by molar-refractivity contribution is -0.123. The highest BCUT2D eigenvalue weighted by atomic mass is 16.5. The van der Waals surface area contributed by atoms with Crippen LogP contribution >= 0.6 is 0 Å². The van der Waals surface area contributed by atoms with Gasteiger partial charge in [0.05, 0.1) is 36.0 Å². The molecule has 0 spiro atoms. The van der Waals surface area contributed by atoms with Crippen LogP contribution in [0.5, 0.6) is 0 Å². The van der Waals surface area contributed by atoms with Gasteiger partial charge in [-0.3, -0.25) is 4.79 Å². The van der Waals surface area contributed by atoms with Gasteiger partial charge in [0.2, 0.25) is 5.91 Å². The standard InChI is InChI=1S/C15H19N3O3/c1-21-15(20)10-4-2-6-11(13(10)16)18-7-3-5-9-12(18)8-17-14(9)19/h2,4,6,9,12H,3,5,7-8,16H2,1H3,(H,17,19). The summed E-state index contributed by atoms with van der Waals surface area (Å²) in [6.07, 6.45) is 1.85. The summed E-state index contributed by atoms with van der Waals surface area (Å²) in [5, 5.41) is 2.92. The third kappa shape index (κ3) is 2.20. The van der Waals surface area contributed by atoms with Crippen molar-refractivity contribution in [2.24, 2.45) is 5.92 Å². The minimum Gasteiger partial charge on any atom is -0.465 e. The summed E-state index contributed by atoms with van der Waals surface area (Å²) >= 11 is 0. The molecule has 2 atom stereocenters. The van der Waals surface area contributed by atoms with Crippen molar-refractivity contribution < 1.29 is 14.3 Å². The molecule has 0 aliphatic carbocycles. The Balaban J connectivity index is 1.96. The Kier molecular flexibility index (Phi) is 3.45. The first-order valence-electron chi connectivity index (χ1n) is 7.14. The summed E-state index contributed by atoms with van der Waals surface area (Å²) in [5.74, 6) is -0.309. The molecule has 6 nitrogen and oxygen atoms in total. The Morgan fingerprint density at radius 1 is 1.48 bits per heavy atom. The molecule has 3 N–H and O–H groups in total. The summed E-state index contributed by atoms with van der Waals surface area (Å²) in [6.45, 7) is 1.47. The molecule has 6 heteroatoms. The van der Waals surface area contributed by atoms with Crippen LogP contribution in [0.15, 0.2) is 18.2 Å². The van der Waals surface area contributed by atoms with Gasteiger partial charge in [0.15, 0.2) is 0 Å². The van der Waals surface area contributed by atoms with Crippen molar-refractivity contribution in [3.05, 3.63) is 23.8 Å². The van der Waals surface area contributed by atoms with Crippen LogP contribution in [-0.4, -0.2) is 38.1 Å². The zero-order valence-corrected chi connectivity index (χ0v) is 12.0. The molecule has 1 aromatic carbocycles. The van der Waals surface area contributed by atoms with Gasteiger partial charge in [-0.05, 0) is 25.0 Å². The Morgan fingerprint density at radius 3 is 3.05 bits per heavy atom. The molecule has 0 radical (unpaired) electrons. The van der Waals surface area contributed by atoms with Crippen LogP contribution in [0.4, 0.5) is 11.4 Å². The van der Waals surface area contributed by atoms with Crippen molar-refractivity contribution in [2.45, 2.75) is 18.9 Å². The maximum absolute atomic E-state index is 11.8. The van der Waals surface area contributed by atoms with Gasteiger partial charge in [0.25, 0.3) is 0 Å². The van der Waals surface area contributed by atoms with E-state index in [-0.39, 0.29) is 17.9 Å². The first kappa shape index (κ1) is 13.7. The van der Waals surface area contributed by atoms with Crippen LogP contribution in [0.25, 0.3) is 0 Å². The normalized spacial score (nSPS) is 24.4. The molecule has 1 amide bonds. The van der Waals surface area contributed by atoms with Gasteiger partial charge in [0, 0.05) is 13.1 Å². The number of benzene rings is 1. The van der Waals surface area contributed by atoms with Gasteiger partial charge in [-0.1, -0.05) is 6.07 Å². The van der Waals surface area contributed by atoms with Crippen LogP contribution in [0.3, 0.4) is 0 Å². The van der Waals surface area contributed by atoms with E-state index in [0.717, 1.165) is 25.1 Å². The van der Waals surface area contributed by atoms with Crippen LogP contribution < -0.4 is 16.0 Å². The van der Waals surface area contributed by atoms with Crippen molar-refractivity contribution in [1.29, 1.82) is 0 Å². The van der Waals surface area contributed by atoms with Crippen molar-refractivity contribution in [1.82, 2.24) is 5.32 Å². The minimum atomic E-state index is -0.441. The van der Waals surface area contributed by atoms with Gasteiger partial charge in [-0.15, -0.1) is 0 Å². The van der Waals surface area contributed by atoms with E-state index in [4.69, 9.17) is 10.5 Å². The van der Waals surface area contributed by atoms with E-state index in [1.807, 2.05) is 6.07 Å². The molecule has 1 aromatic rings. The number of carbonyl (C=O) groups is 2. The third-order valence-electron chi connectivity index (χ3n) is 4.40. The molecular formula is C15H19N3O3. The van der Waals surface area contributed by atoms with E-state index >= 15 is 0 Å². The molecule has 2 aliphatic rings. The molecule has 0 aromatic heterocycles. The SMILES string of the molecule is COC(=O)c1cccc(N2CCCC3C(=O)NCC32)c1N. The number of hydrogen-bond donors (Lipinski definition) is 2. The maximum atomic E-state index is 11.8. The topological polar surface area (TPSA) is 84.7 Å². The third-order valence-corrected chi connectivity index (χ3v) is 4.40. The number of carbonyl (C=O) groups excluding carboxylic acids is 2. The van der Waals surface area contributed by atoms with Crippen molar-refractivity contribution in [2.75, 3.05) is 30.8 Å². The van der Waals surface area contributed by atoms with E-state index < -0.39 is 5.97 Å². The first-order chi connectivity index (χ1) is 10.1. The number of anilines is 2. The summed E-state index contributed by atoms with van der Waals surface area (Å²) in [6, 6.07) is 5.46. The number of nitrogens with zero attached hydrogens (tertiary/aromatic N) is 1. The number of esters is 1. The fourth-order valence-electron chi connectivity index (χ4n) is 3.34. The number of nitrogen functional groups attached to an aromatic ring is 1. The molecule has 21 heavy (non-hydrogen) atoms. The predicted octanol–water partition coefficient (Wildman–Crippen LogP) is 0.770. The Hall–Kier alpha value is -2.24. The molecule has 0 saturated carbocycles. The monoisotopic (exact) mass is 289 g/mol. The van der Waals surface area contributed by atoms with Crippen molar-refractivity contribution in [3.63, 3.8) is 0 Å². The number of fused-ring (bicyclic) bond motifs is 1. The molecule has 112 valence electrons. The number of hydrogen-bond acceptors (Lipinski definition) is 5. The van der Waals surface area contributed by atoms with Crippen LogP contribution in [0.1, 0.15) is 23.2 Å². The van der Waals surface area contributed by atoms with Crippen LogP contribution in [-0.2, 0) is 9.53 Å². The average Bonchev–Trinajstić information content (AvgIpc) is 2.89. The quantitative estimate of drug-likeness (QED) is 0.620. The number of rotatable bonds is 2. The Morgan fingerprint density at radius 2 is 2.29 bits per heavy atom. The average molecular weight is 289 g/mol. The molecule has 2 unspecified atom stereocenters. The highest BCUT2D eigenvalue weighted by molar-refractivity contribution is 5.98. The molecule has 2 aliphatic heterocycles. The zero-order valence-electron chi connectivity index (χ0n) is 12.0. The van der Waals surface area contributed by atoms with Gasteiger partial charge in [0.1, 0.15) is 0 Å². The lowest BCUT2D eigenvalue weighted by atomic mass is 9.90. The first-order valence-corrected chi connectivity index (χ1v) is 7.14. The fraction of sp³-hybridized carbons (Fsp3) is 0.467. The van der Waals surface area contributed by atoms with Gasteiger partial charge >= 0.3 is 5.97 Å². The van der Waals surface area contributed by atoms with Gasteiger partial charge in [-0.25, -0.2) is 4.79 Å². The molecule has 2 saturated heterocycles.